The Kier molecular flexibility index (Phi) is 3.76. The Morgan fingerprint density at radius 3 is 2.71 bits per heavy atom. The van der Waals surface area contributed by atoms with Crippen LogP contribution in [0.1, 0.15) is 24.0 Å². The van der Waals surface area contributed by atoms with Gasteiger partial charge in [-0.05, 0) is 50.1 Å². The molecule has 2 aromatic rings. The van der Waals surface area contributed by atoms with Gasteiger partial charge in [0, 0.05) is 11.6 Å². The summed E-state index contributed by atoms with van der Waals surface area (Å²) in [6.07, 6.45) is 1.52. The molecule has 3 saturated heterocycles. The number of fused-ring (bicyclic) bond motifs is 7. The van der Waals surface area contributed by atoms with E-state index in [2.05, 4.69) is 5.32 Å². The third-order valence-corrected chi connectivity index (χ3v) is 7.59. The lowest BCUT2D eigenvalue weighted by Gasteiger charge is -2.36. The first-order chi connectivity index (χ1) is 14.9. The van der Waals surface area contributed by atoms with E-state index in [1.54, 1.807) is 12.1 Å². The number of halogens is 2. The second-order valence-electron chi connectivity index (χ2n) is 8.76. The minimum Gasteiger partial charge on any atom is -0.323 e. The van der Waals surface area contributed by atoms with Crippen LogP contribution in [0.5, 0.6) is 0 Å². The van der Waals surface area contributed by atoms with Crippen molar-refractivity contribution in [2.75, 3.05) is 16.8 Å². The fraction of sp³-hybridized carbons (Fsp3) is 0.348. The minimum absolute atomic E-state index is 0.0625. The zero-order valence-electron chi connectivity index (χ0n) is 16.7. The maximum Gasteiger partial charge on any atom is 0.250 e. The maximum absolute atomic E-state index is 14.6. The number of hydrogen-bond acceptors (Lipinski definition) is 4. The maximum atomic E-state index is 14.6. The quantitative estimate of drug-likeness (QED) is 0.693. The molecule has 0 unspecified atom stereocenters. The predicted octanol–water partition coefficient (Wildman–Crippen LogP) is 3.22. The summed E-state index contributed by atoms with van der Waals surface area (Å²) in [5.74, 6) is -3.58. The van der Waals surface area contributed by atoms with E-state index in [-0.39, 0.29) is 17.6 Å². The summed E-state index contributed by atoms with van der Waals surface area (Å²) >= 11 is 6.45. The van der Waals surface area contributed by atoms with Crippen LogP contribution in [0, 0.1) is 24.6 Å². The smallest absolute Gasteiger partial charge is 0.250 e. The zero-order valence-corrected chi connectivity index (χ0v) is 17.4. The Labute approximate surface area is 183 Å². The second-order valence-corrected chi connectivity index (χ2v) is 9.17. The van der Waals surface area contributed by atoms with E-state index in [1.165, 1.54) is 18.2 Å². The Balaban J connectivity index is 1.60. The predicted molar refractivity (Wildman–Crippen MR) is 112 cm³/mol. The van der Waals surface area contributed by atoms with Crippen LogP contribution >= 0.6 is 11.6 Å². The lowest BCUT2D eigenvalue weighted by molar-refractivity contribution is -0.135. The van der Waals surface area contributed by atoms with Crippen molar-refractivity contribution in [3.8, 4) is 0 Å². The highest BCUT2D eigenvalue weighted by Gasteiger charge is 2.75. The summed E-state index contributed by atoms with van der Waals surface area (Å²) in [7, 11) is 0. The van der Waals surface area contributed by atoms with Gasteiger partial charge >= 0.3 is 0 Å². The van der Waals surface area contributed by atoms with Crippen molar-refractivity contribution >= 4 is 40.7 Å². The van der Waals surface area contributed by atoms with Gasteiger partial charge in [-0.3, -0.25) is 19.3 Å². The first kappa shape index (κ1) is 19.0. The molecule has 0 aliphatic carbocycles. The van der Waals surface area contributed by atoms with E-state index in [9.17, 15) is 18.8 Å². The molecule has 1 spiro atoms. The fourth-order valence-electron chi connectivity index (χ4n) is 6.27. The van der Waals surface area contributed by atoms with Crippen LogP contribution in [0.15, 0.2) is 36.4 Å². The molecule has 0 aromatic heterocycles. The average Bonchev–Trinajstić information content (AvgIpc) is 3.42. The molecule has 0 radical (unpaired) electrons. The summed E-state index contributed by atoms with van der Waals surface area (Å²) in [6, 6.07) is 9.13. The number of para-hydroxylation sites is 1. The normalized spacial score (nSPS) is 31.4. The monoisotopic (exact) mass is 439 g/mol. The summed E-state index contributed by atoms with van der Waals surface area (Å²) in [4.78, 5) is 43.9. The highest BCUT2D eigenvalue weighted by molar-refractivity contribution is 6.35. The van der Waals surface area contributed by atoms with Gasteiger partial charge < -0.3 is 5.32 Å². The Morgan fingerprint density at radius 2 is 1.94 bits per heavy atom. The standard InChI is InChI=1S/C23H19ClFN3O3/c1-11-9-12-19(13(24)10-11)26-22(31)23(12)18-17(16-7-4-8-27(16)23)20(29)28(21(18)30)15-6-3-2-5-14(15)25/h2-3,5-6,9-10,16-18H,4,7-8H2,1H3,(H,26,31)/t16-,17+,18-,23+/m1/s1. The number of rotatable bonds is 1. The summed E-state index contributed by atoms with van der Waals surface area (Å²) < 4.78 is 14.6. The lowest BCUT2D eigenvalue weighted by Crippen LogP contribution is -2.54. The fourth-order valence-corrected chi connectivity index (χ4v) is 6.59. The molecule has 4 atom stereocenters. The molecule has 1 N–H and O–H groups in total. The molecule has 4 aliphatic heterocycles. The molecule has 0 bridgehead atoms. The summed E-state index contributed by atoms with van der Waals surface area (Å²) in [5.41, 5.74) is 0.615. The second kappa shape index (κ2) is 6.14. The third kappa shape index (κ3) is 2.13. The number of nitrogens with one attached hydrogen (secondary N) is 1. The lowest BCUT2D eigenvalue weighted by atomic mass is 9.75. The molecule has 158 valence electrons. The largest absolute Gasteiger partial charge is 0.323 e. The SMILES string of the molecule is Cc1cc(Cl)c2c(c1)[C@@]1(C(=O)N2)[C@H]2C(=O)N(c3ccccc3F)C(=O)[C@H]2[C@H]2CCCN21. The Morgan fingerprint density at radius 1 is 1.16 bits per heavy atom. The van der Waals surface area contributed by atoms with Gasteiger partial charge in [-0.2, -0.15) is 0 Å². The molecule has 4 aliphatic rings. The number of benzene rings is 2. The van der Waals surface area contributed by atoms with Crippen molar-refractivity contribution in [3.63, 3.8) is 0 Å². The van der Waals surface area contributed by atoms with Crippen molar-refractivity contribution < 1.29 is 18.8 Å². The first-order valence-electron chi connectivity index (χ1n) is 10.4. The van der Waals surface area contributed by atoms with Crippen molar-refractivity contribution in [2.45, 2.75) is 31.3 Å². The van der Waals surface area contributed by atoms with Gasteiger partial charge in [-0.15, -0.1) is 0 Å². The van der Waals surface area contributed by atoms with E-state index in [1.807, 2.05) is 17.9 Å². The number of hydrogen-bond donors (Lipinski definition) is 1. The molecular formula is C23H19ClFN3O3. The summed E-state index contributed by atoms with van der Waals surface area (Å²) in [6.45, 7) is 2.49. The number of carbonyl (C=O) groups is 3. The Hall–Kier alpha value is -2.77. The van der Waals surface area contributed by atoms with E-state index >= 15 is 0 Å². The number of carbonyl (C=O) groups excluding carboxylic acids is 3. The Bertz CT molecular complexity index is 1200. The van der Waals surface area contributed by atoms with Gasteiger partial charge in [0.15, 0.2) is 0 Å². The zero-order chi connectivity index (χ0) is 21.7. The van der Waals surface area contributed by atoms with Crippen molar-refractivity contribution in [1.82, 2.24) is 4.90 Å². The first-order valence-corrected chi connectivity index (χ1v) is 10.8. The highest BCUT2D eigenvalue weighted by Crippen LogP contribution is 2.61. The van der Waals surface area contributed by atoms with Gasteiger partial charge in [0.05, 0.1) is 28.2 Å². The molecule has 4 heterocycles. The molecule has 6 rings (SSSR count). The molecular weight excluding hydrogens is 421 g/mol. The van der Waals surface area contributed by atoms with Crippen molar-refractivity contribution in [1.29, 1.82) is 0 Å². The molecule has 0 saturated carbocycles. The number of anilines is 2. The molecule has 3 amide bonds. The van der Waals surface area contributed by atoms with Crippen LogP contribution in [0.4, 0.5) is 15.8 Å². The van der Waals surface area contributed by atoms with Crippen LogP contribution in [0.3, 0.4) is 0 Å². The van der Waals surface area contributed by atoms with E-state index in [0.29, 0.717) is 29.2 Å². The molecule has 31 heavy (non-hydrogen) atoms. The van der Waals surface area contributed by atoms with Crippen LogP contribution < -0.4 is 10.2 Å². The third-order valence-electron chi connectivity index (χ3n) is 7.29. The molecule has 2 aromatic carbocycles. The number of amides is 3. The van der Waals surface area contributed by atoms with E-state index in [0.717, 1.165) is 16.9 Å². The van der Waals surface area contributed by atoms with Gasteiger partial charge in [-0.25, -0.2) is 9.29 Å². The average molecular weight is 440 g/mol. The number of aryl methyl sites for hydroxylation is 1. The highest BCUT2D eigenvalue weighted by atomic mass is 35.5. The number of nitrogens with zero attached hydrogens (tertiary/aromatic N) is 2. The van der Waals surface area contributed by atoms with Gasteiger partial charge in [0.2, 0.25) is 11.8 Å². The van der Waals surface area contributed by atoms with Crippen molar-refractivity contribution in [2.24, 2.45) is 11.8 Å². The van der Waals surface area contributed by atoms with Crippen LogP contribution in [0.25, 0.3) is 0 Å². The molecule has 6 nitrogen and oxygen atoms in total. The summed E-state index contributed by atoms with van der Waals surface area (Å²) in [5, 5.41) is 3.29. The van der Waals surface area contributed by atoms with E-state index in [4.69, 9.17) is 11.6 Å². The molecule has 8 heteroatoms. The van der Waals surface area contributed by atoms with Crippen LogP contribution in [-0.2, 0) is 19.9 Å². The molecule has 3 fully saturated rings. The van der Waals surface area contributed by atoms with E-state index < -0.39 is 35.0 Å². The van der Waals surface area contributed by atoms with Gasteiger partial charge in [0.25, 0.3) is 5.91 Å². The minimum atomic E-state index is -1.32. The van der Waals surface area contributed by atoms with Crippen LogP contribution in [0.2, 0.25) is 5.02 Å². The topological polar surface area (TPSA) is 69.7 Å². The van der Waals surface area contributed by atoms with Crippen LogP contribution in [-0.4, -0.2) is 35.2 Å². The number of imide groups is 1. The van der Waals surface area contributed by atoms with Crippen molar-refractivity contribution in [3.05, 3.63) is 58.4 Å². The van der Waals surface area contributed by atoms with Gasteiger partial charge in [-0.1, -0.05) is 29.8 Å². The van der Waals surface area contributed by atoms with Gasteiger partial charge in [0.1, 0.15) is 11.4 Å².